The summed E-state index contributed by atoms with van der Waals surface area (Å²) in [5.74, 6) is 3.63. The summed E-state index contributed by atoms with van der Waals surface area (Å²) in [5, 5.41) is 12.4. The van der Waals surface area contributed by atoms with Gasteiger partial charge in [-0.2, -0.15) is 0 Å². The first kappa shape index (κ1) is 16.2. The highest BCUT2D eigenvalue weighted by Crippen LogP contribution is 2.38. The van der Waals surface area contributed by atoms with Gasteiger partial charge in [-0.1, -0.05) is 0 Å². The SMILES string of the molecule is Cc1ncsc1CN(Cc1nnc(C2CC2)n1C)C[C@@H]1CCNC1. The summed E-state index contributed by atoms with van der Waals surface area (Å²) < 4.78 is 2.22. The van der Waals surface area contributed by atoms with E-state index in [4.69, 9.17) is 0 Å². The molecule has 1 aliphatic carbocycles. The maximum absolute atomic E-state index is 4.49. The van der Waals surface area contributed by atoms with Crippen LogP contribution in [-0.4, -0.2) is 44.3 Å². The van der Waals surface area contributed by atoms with Crippen LogP contribution < -0.4 is 5.32 Å². The second-order valence-electron chi connectivity index (χ2n) is 7.20. The molecule has 0 spiro atoms. The van der Waals surface area contributed by atoms with Crippen LogP contribution in [0.25, 0.3) is 0 Å². The molecule has 130 valence electrons. The maximum Gasteiger partial charge on any atom is 0.146 e. The van der Waals surface area contributed by atoms with Gasteiger partial charge in [0.05, 0.1) is 17.7 Å². The zero-order chi connectivity index (χ0) is 16.5. The topological polar surface area (TPSA) is 58.9 Å². The molecular weight excluding hydrogens is 320 g/mol. The molecule has 0 bridgehead atoms. The number of hydrogen-bond donors (Lipinski definition) is 1. The molecule has 0 amide bonds. The van der Waals surface area contributed by atoms with Crippen molar-refractivity contribution >= 4 is 11.3 Å². The molecule has 1 saturated carbocycles. The monoisotopic (exact) mass is 346 g/mol. The van der Waals surface area contributed by atoms with Crippen molar-refractivity contribution in [2.45, 2.75) is 45.2 Å². The zero-order valence-electron chi connectivity index (χ0n) is 14.5. The van der Waals surface area contributed by atoms with Crippen molar-refractivity contribution in [1.29, 1.82) is 0 Å². The van der Waals surface area contributed by atoms with E-state index in [0.717, 1.165) is 50.2 Å². The van der Waals surface area contributed by atoms with Crippen molar-refractivity contribution in [3.8, 4) is 0 Å². The van der Waals surface area contributed by atoms with Crippen LogP contribution in [0.3, 0.4) is 0 Å². The van der Waals surface area contributed by atoms with Crippen LogP contribution in [-0.2, 0) is 20.1 Å². The van der Waals surface area contributed by atoms with E-state index < -0.39 is 0 Å². The minimum Gasteiger partial charge on any atom is -0.317 e. The molecule has 2 fully saturated rings. The van der Waals surface area contributed by atoms with Gasteiger partial charge in [0.25, 0.3) is 0 Å². The molecule has 7 heteroatoms. The molecule has 6 nitrogen and oxygen atoms in total. The van der Waals surface area contributed by atoms with E-state index in [2.05, 4.69) is 43.9 Å². The number of rotatable bonds is 7. The van der Waals surface area contributed by atoms with Crippen LogP contribution >= 0.6 is 11.3 Å². The van der Waals surface area contributed by atoms with Gasteiger partial charge in [-0.15, -0.1) is 21.5 Å². The normalized spacial score (nSPS) is 21.0. The number of hydrogen-bond acceptors (Lipinski definition) is 6. The lowest BCUT2D eigenvalue weighted by Gasteiger charge is -2.24. The van der Waals surface area contributed by atoms with Crippen LogP contribution in [0.1, 0.15) is 47.4 Å². The van der Waals surface area contributed by atoms with Gasteiger partial charge in [-0.25, -0.2) is 4.98 Å². The number of nitrogens with zero attached hydrogens (tertiary/aromatic N) is 5. The molecule has 24 heavy (non-hydrogen) atoms. The molecule has 2 aliphatic rings. The van der Waals surface area contributed by atoms with Gasteiger partial charge < -0.3 is 9.88 Å². The van der Waals surface area contributed by atoms with Crippen LogP contribution in [0, 0.1) is 12.8 Å². The molecule has 4 rings (SSSR count). The number of thiazole rings is 1. The van der Waals surface area contributed by atoms with E-state index in [1.165, 1.54) is 30.0 Å². The summed E-state index contributed by atoms with van der Waals surface area (Å²) in [7, 11) is 2.12. The summed E-state index contributed by atoms with van der Waals surface area (Å²) in [4.78, 5) is 8.30. The fraction of sp³-hybridized carbons (Fsp3) is 0.706. The van der Waals surface area contributed by atoms with Crippen molar-refractivity contribution < 1.29 is 0 Å². The Kier molecular flexibility index (Phi) is 4.65. The largest absolute Gasteiger partial charge is 0.317 e. The molecule has 0 unspecified atom stereocenters. The molecule has 0 radical (unpaired) electrons. The Morgan fingerprint density at radius 3 is 2.83 bits per heavy atom. The predicted octanol–water partition coefficient (Wildman–Crippen LogP) is 2.07. The van der Waals surface area contributed by atoms with Gasteiger partial charge in [0.2, 0.25) is 0 Å². The first-order chi connectivity index (χ1) is 11.7. The van der Waals surface area contributed by atoms with E-state index >= 15 is 0 Å². The quantitative estimate of drug-likeness (QED) is 0.832. The van der Waals surface area contributed by atoms with E-state index in [-0.39, 0.29) is 0 Å². The summed E-state index contributed by atoms with van der Waals surface area (Å²) >= 11 is 1.76. The molecule has 2 aromatic heterocycles. The second-order valence-corrected chi connectivity index (χ2v) is 8.14. The van der Waals surface area contributed by atoms with Gasteiger partial charge in [-0.05, 0) is 45.2 Å². The lowest BCUT2D eigenvalue weighted by Crippen LogP contribution is -2.31. The second kappa shape index (κ2) is 6.90. The third-order valence-electron chi connectivity index (χ3n) is 5.20. The molecule has 2 aromatic rings. The van der Waals surface area contributed by atoms with E-state index in [0.29, 0.717) is 5.92 Å². The third kappa shape index (κ3) is 3.53. The van der Waals surface area contributed by atoms with E-state index in [1.807, 2.05) is 5.51 Å². The van der Waals surface area contributed by atoms with Gasteiger partial charge in [-0.3, -0.25) is 4.90 Å². The minimum absolute atomic E-state index is 0.646. The molecule has 0 aromatic carbocycles. The number of aryl methyl sites for hydroxylation is 1. The van der Waals surface area contributed by atoms with Crippen molar-refractivity contribution in [3.63, 3.8) is 0 Å². The summed E-state index contributed by atoms with van der Waals surface area (Å²) in [5.41, 5.74) is 3.11. The summed E-state index contributed by atoms with van der Waals surface area (Å²) in [6, 6.07) is 0. The predicted molar refractivity (Wildman–Crippen MR) is 94.9 cm³/mol. The highest BCUT2D eigenvalue weighted by molar-refractivity contribution is 7.09. The summed E-state index contributed by atoms with van der Waals surface area (Å²) in [6.07, 6.45) is 3.80. The first-order valence-corrected chi connectivity index (χ1v) is 9.79. The maximum atomic E-state index is 4.49. The first-order valence-electron chi connectivity index (χ1n) is 8.91. The molecule has 3 heterocycles. The molecular formula is C17H26N6S. The Balaban J connectivity index is 1.49. The van der Waals surface area contributed by atoms with Crippen LogP contribution in [0.4, 0.5) is 0 Å². The van der Waals surface area contributed by atoms with Crippen molar-refractivity contribution in [3.05, 3.63) is 27.7 Å². The Labute approximate surface area is 147 Å². The van der Waals surface area contributed by atoms with Crippen LogP contribution in [0.2, 0.25) is 0 Å². The molecule has 1 saturated heterocycles. The molecule has 1 N–H and O–H groups in total. The number of nitrogens with one attached hydrogen (secondary N) is 1. The highest BCUT2D eigenvalue weighted by atomic mass is 32.1. The standard InChI is InChI=1S/C17H26N6S/c1-12-15(24-11-19-12)9-23(8-13-5-6-18-7-13)10-16-20-21-17(22(16)2)14-3-4-14/h11,13-14,18H,3-10H2,1-2H3/t13-/m1/s1. The smallest absolute Gasteiger partial charge is 0.146 e. The Morgan fingerprint density at radius 1 is 1.29 bits per heavy atom. The van der Waals surface area contributed by atoms with Gasteiger partial charge in [0, 0.05) is 30.9 Å². The third-order valence-corrected chi connectivity index (χ3v) is 6.12. The van der Waals surface area contributed by atoms with Crippen molar-refractivity contribution in [1.82, 2.24) is 30.0 Å². The van der Waals surface area contributed by atoms with Crippen LogP contribution in [0.15, 0.2) is 5.51 Å². The van der Waals surface area contributed by atoms with Crippen LogP contribution in [0.5, 0.6) is 0 Å². The van der Waals surface area contributed by atoms with E-state index in [1.54, 1.807) is 11.3 Å². The minimum atomic E-state index is 0.646. The van der Waals surface area contributed by atoms with Gasteiger partial charge in [0.15, 0.2) is 0 Å². The molecule has 1 aliphatic heterocycles. The van der Waals surface area contributed by atoms with E-state index in [9.17, 15) is 0 Å². The fourth-order valence-electron chi connectivity index (χ4n) is 3.51. The summed E-state index contributed by atoms with van der Waals surface area (Å²) in [6.45, 7) is 7.31. The van der Waals surface area contributed by atoms with Crippen molar-refractivity contribution in [2.24, 2.45) is 13.0 Å². The average molecular weight is 347 g/mol. The average Bonchev–Trinajstić information content (AvgIpc) is 2.94. The Morgan fingerprint density at radius 2 is 2.17 bits per heavy atom. The zero-order valence-corrected chi connectivity index (χ0v) is 15.3. The fourth-order valence-corrected chi connectivity index (χ4v) is 4.33. The lowest BCUT2D eigenvalue weighted by molar-refractivity contribution is 0.214. The molecule has 1 atom stereocenters. The lowest BCUT2D eigenvalue weighted by atomic mass is 10.1. The highest BCUT2D eigenvalue weighted by Gasteiger charge is 2.30. The Bertz CT molecular complexity index is 683. The van der Waals surface area contributed by atoms with Gasteiger partial charge in [0.1, 0.15) is 11.6 Å². The van der Waals surface area contributed by atoms with Crippen molar-refractivity contribution in [2.75, 3.05) is 19.6 Å². The van der Waals surface area contributed by atoms with Gasteiger partial charge >= 0.3 is 0 Å². The number of aromatic nitrogens is 4. The Hall–Kier alpha value is -1.31.